The summed E-state index contributed by atoms with van der Waals surface area (Å²) < 4.78 is 1.60. The topological polar surface area (TPSA) is 108 Å². The first-order valence-electron chi connectivity index (χ1n) is 9.69. The molecule has 8 nitrogen and oxygen atoms in total. The Hall–Kier alpha value is -2.69. The van der Waals surface area contributed by atoms with E-state index in [0.717, 1.165) is 17.7 Å². The van der Waals surface area contributed by atoms with Gasteiger partial charge >= 0.3 is 6.03 Å². The summed E-state index contributed by atoms with van der Waals surface area (Å²) in [7, 11) is 1.73. The molecule has 8 heteroatoms. The second kappa shape index (κ2) is 5.66. The summed E-state index contributed by atoms with van der Waals surface area (Å²) in [4.78, 5) is 39.1. The second-order valence-corrected chi connectivity index (χ2v) is 9.11. The Labute approximate surface area is 163 Å². The summed E-state index contributed by atoms with van der Waals surface area (Å²) in [6, 6.07) is 1.71. The van der Waals surface area contributed by atoms with E-state index in [1.807, 2.05) is 6.92 Å². The Morgan fingerprint density at radius 3 is 2.50 bits per heavy atom. The van der Waals surface area contributed by atoms with Crippen molar-refractivity contribution in [2.75, 3.05) is 4.90 Å². The largest absolute Gasteiger partial charge is 0.330 e. The molecule has 0 spiro atoms. The minimum Gasteiger partial charge on any atom is -0.323 e. The average molecular weight is 383 g/mol. The highest BCUT2D eigenvalue weighted by Gasteiger charge is 2.55. The predicted octanol–water partition coefficient (Wildman–Crippen LogP) is 1.82. The number of nitrogens with zero attached hydrogens (tertiary/aromatic N) is 4. The molecule has 1 aromatic rings. The normalized spacial score (nSPS) is 33.9. The molecule has 0 radical (unpaired) electrons. The lowest BCUT2D eigenvalue weighted by Gasteiger charge is -2.48. The van der Waals surface area contributed by atoms with Gasteiger partial charge in [-0.2, -0.15) is 10.4 Å². The first-order valence-corrected chi connectivity index (χ1v) is 9.69. The molecule has 2 fully saturated rings. The molecule has 1 saturated carbocycles. The first-order chi connectivity index (χ1) is 13.0. The monoisotopic (exact) mass is 383 g/mol. The van der Waals surface area contributed by atoms with Crippen molar-refractivity contribution in [3.05, 3.63) is 11.3 Å². The van der Waals surface area contributed by atoms with E-state index >= 15 is 0 Å². The maximum absolute atomic E-state index is 12.8. The van der Waals surface area contributed by atoms with Gasteiger partial charge in [0.05, 0.1) is 11.8 Å². The smallest absolute Gasteiger partial charge is 0.323 e. The number of carbonyl (C=O) groups is 3. The van der Waals surface area contributed by atoms with Crippen LogP contribution in [0.15, 0.2) is 0 Å². The zero-order valence-electron chi connectivity index (χ0n) is 16.9. The number of carbonyl (C=O) groups excluding carboxylic acids is 3. The summed E-state index contributed by atoms with van der Waals surface area (Å²) in [5.74, 6) is -0.556. The van der Waals surface area contributed by atoms with E-state index in [9.17, 15) is 19.6 Å². The van der Waals surface area contributed by atoms with Gasteiger partial charge in [-0.25, -0.2) is 9.69 Å². The van der Waals surface area contributed by atoms with E-state index in [4.69, 9.17) is 5.10 Å². The minimum absolute atomic E-state index is 0.0143. The van der Waals surface area contributed by atoms with Crippen molar-refractivity contribution >= 4 is 23.5 Å². The molecule has 2 heterocycles. The summed E-state index contributed by atoms with van der Waals surface area (Å²) in [5.41, 5.74) is 0.283. The summed E-state index contributed by atoms with van der Waals surface area (Å²) in [6.45, 7) is 7.33. The number of aryl methyl sites for hydroxylation is 1. The number of rotatable bonds is 1. The SMILES string of the molecule is CC1C(=O)C(C#N)C[C@]2(C)c3nn(C)c(N4C(=O)NC(C)(C)C4=O)c3CC[C@@H]12. The van der Waals surface area contributed by atoms with Crippen LogP contribution in [-0.4, -0.2) is 33.0 Å². The number of ketones is 1. The number of fused-ring (bicyclic) bond motifs is 3. The standard InChI is InChI=1S/C20H25N5O3/c1-10-13-7-6-12-15(20(13,4)8-11(9-21)14(10)26)23-24(5)16(12)25-17(27)19(2,3)22-18(25)28/h10-11,13H,6-8H2,1-5H3,(H,22,28)/t10?,11?,13-,20-/m0/s1. The van der Waals surface area contributed by atoms with Crippen molar-refractivity contribution in [3.63, 3.8) is 0 Å². The maximum Gasteiger partial charge on any atom is 0.330 e. The van der Waals surface area contributed by atoms with E-state index in [1.165, 1.54) is 4.90 Å². The number of amides is 3. The molecule has 4 rings (SSSR count). The van der Waals surface area contributed by atoms with Crippen molar-refractivity contribution < 1.29 is 14.4 Å². The Bertz CT molecular complexity index is 956. The fourth-order valence-corrected chi connectivity index (χ4v) is 5.46. The van der Waals surface area contributed by atoms with E-state index in [1.54, 1.807) is 25.6 Å². The zero-order valence-corrected chi connectivity index (χ0v) is 16.9. The van der Waals surface area contributed by atoms with E-state index in [-0.39, 0.29) is 23.5 Å². The van der Waals surface area contributed by atoms with Crippen LogP contribution in [0.1, 0.15) is 51.8 Å². The number of hydrogen-bond acceptors (Lipinski definition) is 5. The van der Waals surface area contributed by atoms with Crippen LogP contribution in [0.3, 0.4) is 0 Å². The third kappa shape index (κ3) is 2.22. The first kappa shape index (κ1) is 18.7. The number of hydrogen-bond donors (Lipinski definition) is 1. The van der Waals surface area contributed by atoms with Gasteiger partial charge in [0.15, 0.2) is 5.78 Å². The van der Waals surface area contributed by atoms with E-state index in [0.29, 0.717) is 18.7 Å². The Kier molecular flexibility index (Phi) is 3.77. The zero-order chi connectivity index (χ0) is 20.6. The highest BCUT2D eigenvalue weighted by Crippen LogP contribution is 2.53. The molecule has 1 saturated heterocycles. The van der Waals surface area contributed by atoms with E-state index < -0.39 is 22.9 Å². The fraction of sp³-hybridized carbons (Fsp3) is 0.650. The summed E-state index contributed by atoms with van der Waals surface area (Å²) in [5, 5.41) is 16.9. The third-order valence-electron chi connectivity index (χ3n) is 6.93. The molecule has 148 valence electrons. The fourth-order valence-electron chi connectivity index (χ4n) is 5.46. The van der Waals surface area contributed by atoms with Gasteiger partial charge in [-0.15, -0.1) is 0 Å². The number of anilines is 1. The van der Waals surface area contributed by atoms with Crippen molar-refractivity contribution in [2.24, 2.45) is 24.8 Å². The van der Waals surface area contributed by atoms with Crippen LogP contribution in [-0.2, 0) is 28.5 Å². The number of imide groups is 1. The second-order valence-electron chi connectivity index (χ2n) is 9.11. The van der Waals surface area contributed by atoms with Crippen molar-refractivity contribution in [1.82, 2.24) is 15.1 Å². The van der Waals surface area contributed by atoms with Crippen molar-refractivity contribution in [1.29, 1.82) is 5.26 Å². The van der Waals surface area contributed by atoms with Crippen LogP contribution in [0.25, 0.3) is 0 Å². The number of nitriles is 1. The molecule has 4 atom stereocenters. The Morgan fingerprint density at radius 1 is 1.25 bits per heavy atom. The van der Waals surface area contributed by atoms with Gasteiger partial charge < -0.3 is 5.32 Å². The minimum atomic E-state index is -0.965. The van der Waals surface area contributed by atoms with Crippen LogP contribution in [0.5, 0.6) is 0 Å². The Balaban J connectivity index is 1.84. The molecule has 3 amide bonds. The quantitative estimate of drug-likeness (QED) is 0.744. The molecule has 0 bridgehead atoms. The van der Waals surface area contributed by atoms with Gasteiger partial charge in [0, 0.05) is 23.9 Å². The van der Waals surface area contributed by atoms with Gasteiger partial charge in [-0.3, -0.25) is 14.3 Å². The predicted molar refractivity (Wildman–Crippen MR) is 100 cm³/mol. The highest BCUT2D eigenvalue weighted by atomic mass is 16.2. The number of nitrogens with one attached hydrogen (secondary N) is 1. The number of Topliss-reactive ketones (excluding diaryl/α,β-unsaturated/α-hetero) is 1. The van der Waals surface area contributed by atoms with Crippen molar-refractivity contribution in [3.8, 4) is 6.07 Å². The van der Waals surface area contributed by atoms with Gasteiger partial charge in [0.1, 0.15) is 17.3 Å². The molecule has 2 aliphatic carbocycles. The number of urea groups is 1. The van der Waals surface area contributed by atoms with Crippen LogP contribution >= 0.6 is 0 Å². The molecule has 1 aromatic heterocycles. The van der Waals surface area contributed by atoms with Gasteiger partial charge in [0.2, 0.25) is 0 Å². The van der Waals surface area contributed by atoms with Gasteiger partial charge in [-0.05, 0) is 39.0 Å². The molecule has 1 aliphatic heterocycles. The van der Waals surface area contributed by atoms with Crippen LogP contribution < -0.4 is 10.2 Å². The molecule has 2 unspecified atom stereocenters. The maximum atomic E-state index is 12.8. The lowest BCUT2D eigenvalue weighted by Crippen LogP contribution is -2.50. The molecular weight excluding hydrogens is 358 g/mol. The van der Waals surface area contributed by atoms with Gasteiger partial charge in [-0.1, -0.05) is 13.8 Å². The highest BCUT2D eigenvalue weighted by molar-refractivity contribution is 6.23. The van der Waals surface area contributed by atoms with E-state index in [2.05, 4.69) is 18.3 Å². The molecule has 28 heavy (non-hydrogen) atoms. The van der Waals surface area contributed by atoms with Crippen LogP contribution in [0.4, 0.5) is 10.6 Å². The lowest BCUT2D eigenvalue weighted by atomic mass is 9.54. The molecule has 3 aliphatic rings. The molecule has 1 N–H and O–H groups in total. The molecular formula is C20H25N5O3. The van der Waals surface area contributed by atoms with Gasteiger partial charge in [0.25, 0.3) is 5.91 Å². The lowest BCUT2D eigenvalue weighted by molar-refractivity contribution is -0.132. The molecule has 0 aromatic carbocycles. The van der Waals surface area contributed by atoms with Crippen molar-refractivity contribution in [2.45, 2.75) is 57.9 Å². The van der Waals surface area contributed by atoms with Crippen LogP contribution in [0.2, 0.25) is 0 Å². The number of aromatic nitrogens is 2. The summed E-state index contributed by atoms with van der Waals surface area (Å²) >= 11 is 0. The van der Waals surface area contributed by atoms with Crippen LogP contribution in [0, 0.1) is 29.1 Å². The Morgan fingerprint density at radius 2 is 1.93 bits per heavy atom. The third-order valence-corrected chi connectivity index (χ3v) is 6.93. The average Bonchev–Trinajstić information content (AvgIpc) is 3.05. The summed E-state index contributed by atoms with van der Waals surface area (Å²) in [6.07, 6.45) is 1.83.